The summed E-state index contributed by atoms with van der Waals surface area (Å²) in [4.78, 5) is 11.3. The van der Waals surface area contributed by atoms with Crippen LogP contribution in [-0.2, 0) is 0 Å². The van der Waals surface area contributed by atoms with Gasteiger partial charge in [-0.1, -0.05) is 0 Å². The molecule has 0 aliphatic heterocycles. The van der Waals surface area contributed by atoms with Crippen LogP contribution in [0.5, 0.6) is 0 Å². The second-order valence-electron chi connectivity index (χ2n) is 4.94. The number of aromatic nitrogens is 2. The topological polar surface area (TPSA) is 41.1 Å². The first-order valence-corrected chi connectivity index (χ1v) is 7.04. The van der Waals surface area contributed by atoms with Crippen LogP contribution in [0.1, 0.15) is 25.7 Å². The Hall–Kier alpha value is -0.840. The Bertz CT molecular complexity index is 415. The standard InChI is InChI=1S/C12H17BrN4/c1-14-12-15-6-10(13)11(16-12)17(9-4-5-9)7-8-2-3-8/h6,8-9H,2-5,7H2,1H3,(H,14,15,16). The quantitative estimate of drug-likeness (QED) is 0.907. The number of hydrogen-bond donors (Lipinski definition) is 1. The highest BCUT2D eigenvalue weighted by Gasteiger charge is 2.35. The number of nitrogens with zero attached hydrogens (tertiary/aromatic N) is 3. The van der Waals surface area contributed by atoms with Crippen molar-refractivity contribution in [3.8, 4) is 0 Å². The third kappa shape index (κ3) is 2.54. The summed E-state index contributed by atoms with van der Waals surface area (Å²) in [7, 11) is 1.86. The van der Waals surface area contributed by atoms with Crippen LogP contribution >= 0.6 is 15.9 Å². The largest absolute Gasteiger partial charge is 0.357 e. The molecule has 0 bridgehead atoms. The molecule has 92 valence electrons. The van der Waals surface area contributed by atoms with Gasteiger partial charge in [-0.3, -0.25) is 0 Å². The predicted octanol–water partition coefficient (Wildman–Crippen LogP) is 2.66. The van der Waals surface area contributed by atoms with Crippen molar-refractivity contribution < 1.29 is 0 Å². The molecule has 1 heterocycles. The second-order valence-corrected chi connectivity index (χ2v) is 5.80. The number of nitrogens with one attached hydrogen (secondary N) is 1. The third-order valence-corrected chi connectivity index (χ3v) is 3.92. The highest BCUT2D eigenvalue weighted by Crippen LogP contribution is 2.39. The summed E-state index contributed by atoms with van der Waals surface area (Å²) in [6.07, 6.45) is 7.21. The van der Waals surface area contributed by atoms with Crippen LogP contribution < -0.4 is 10.2 Å². The Morgan fingerprint density at radius 1 is 1.41 bits per heavy atom. The molecule has 5 heteroatoms. The molecule has 1 aromatic rings. The Balaban J connectivity index is 1.87. The molecule has 0 amide bonds. The number of hydrogen-bond acceptors (Lipinski definition) is 4. The van der Waals surface area contributed by atoms with Crippen molar-refractivity contribution in [3.63, 3.8) is 0 Å². The van der Waals surface area contributed by atoms with Gasteiger partial charge in [-0.2, -0.15) is 4.98 Å². The van der Waals surface area contributed by atoms with Crippen molar-refractivity contribution in [3.05, 3.63) is 10.7 Å². The van der Waals surface area contributed by atoms with Crippen LogP contribution in [0, 0.1) is 5.92 Å². The summed E-state index contributed by atoms with van der Waals surface area (Å²) in [6, 6.07) is 0.700. The van der Waals surface area contributed by atoms with Gasteiger partial charge in [0.15, 0.2) is 0 Å². The minimum atomic E-state index is 0.699. The number of rotatable bonds is 5. The molecule has 2 aliphatic rings. The van der Waals surface area contributed by atoms with E-state index in [-0.39, 0.29) is 0 Å². The molecule has 0 atom stereocenters. The van der Waals surface area contributed by atoms with Gasteiger partial charge in [0.2, 0.25) is 5.95 Å². The molecule has 0 unspecified atom stereocenters. The van der Waals surface area contributed by atoms with E-state index in [2.05, 4.69) is 36.1 Å². The summed E-state index contributed by atoms with van der Waals surface area (Å²) in [5, 5.41) is 3.01. The first-order valence-electron chi connectivity index (χ1n) is 6.25. The maximum Gasteiger partial charge on any atom is 0.224 e. The highest BCUT2D eigenvalue weighted by molar-refractivity contribution is 9.10. The fraction of sp³-hybridized carbons (Fsp3) is 0.667. The van der Waals surface area contributed by atoms with Crippen LogP contribution in [0.25, 0.3) is 0 Å². The maximum atomic E-state index is 4.59. The lowest BCUT2D eigenvalue weighted by Crippen LogP contribution is -2.29. The molecule has 2 fully saturated rings. The molecule has 1 N–H and O–H groups in total. The second kappa shape index (κ2) is 4.44. The summed E-state index contributed by atoms with van der Waals surface area (Å²) >= 11 is 3.57. The number of halogens is 1. The average molecular weight is 297 g/mol. The van der Waals surface area contributed by atoms with Crippen molar-refractivity contribution >= 4 is 27.7 Å². The average Bonchev–Trinajstić information content (AvgIpc) is 3.19. The minimum absolute atomic E-state index is 0.699. The third-order valence-electron chi connectivity index (χ3n) is 3.36. The molecule has 17 heavy (non-hydrogen) atoms. The Kier molecular flexibility index (Phi) is 2.94. The zero-order chi connectivity index (χ0) is 11.8. The smallest absolute Gasteiger partial charge is 0.224 e. The van der Waals surface area contributed by atoms with Gasteiger partial charge < -0.3 is 10.2 Å². The molecule has 2 saturated carbocycles. The van der Waals surface area contributed by atoms with E-state index in [0.29, 0.717) is 12.0 Å². The molecular weight excluding hydrogens is 280 g/mol. The summed E-state index contributed by atoms with van der Waals surface area (Å²) in [5.74, 6) is 2.64. The maximum absolute atomic E-state index is 4.59. The van der Waals surface area contributed by atoms with Gasteiger partial charge in [-0.05, 0) is 47.5 Å². The normalized spacial score (nSPS) is 19.2. The van der Waals surface area contributed by atoms with Gasteiger partial charge in [-0.15, -0.1) is 0 Å². The predicted molar refractivity (Wildman–Crippen MR) is 72.4 cm³/mol. The fourth-order valence-electron chi connectivity index (χ4n) is 2.05. The molecule has 0 saturated heterocycles. The fourth-order valence-corrected chi connectivity index (χ4v) is 2.47. The lowest BCUT2D eigenvalue weighted by Gasteiger charge is -2.24. The summed E-state index contributed by atoms with van der Waals surface area (Å²) in [5.41, 5.74) is 0. The van der Waals surface area contributed by atoms with Crippen molar-refractivity contribution in [1.29, 1.82) is 0 Å². The van der Waals surface area contributed by atoms with E-state index in [4.69, 9.17) is 0 Å². The van der Waals surface area contributed by atoms with E-state index in [9.17, 15) is 0 Å². The van der Waals surface area contributed by atoms with Gasteiger partial charge in [0.05, 0.1) is 4.47 Å². The zero-order valence-corrected chi connectivity index (χ0v) is 11.6. The van der Waals surface area contributed by atoms with Crippen LogP contribution in [0.15, 0.2) is 10.7 Å². The molecule has 0 radical (unpaired) electrons. The van der Waals surface area contributed by atoms with Gasteiger partial charge in [0, 0.05) is 25.8 Å². The van der Waals surface area contributed by atoms with Crippen molar-refractivity contribution in [2.75, 3.05) is 23.8 Å². The van der Waals surface area contributed by atoms with E-state index < -0.39 is 0 Å². The molecule has 4 nitrogen and oxygen atoms in total. The van der Waals surface area contributed by atoms with Crippen LogP contribution in [0.3, 0.4) is 0 Å². The SMILES string of the molecule is CNc1ncc(Br)c(N(CC2CC2)C2CC2)n1. The highest BCUT2D eigenvalue weighted by atomic mass is 79.9. The Morgan fingerprint density at radius 2 is 2.18 bits per heavy atom. The van der Waals surface area contributed by atoms with Gasteiger partial charge >= 0.3 is 0 Å². The van der Waals surface area contributed by atoms with E-state index >= 15 is 0 Å². The minimum Gasteiger partial charge on any atom is -0.357 e. The zero-order valence-electron chi connectivity index (χ0n) is 9.99. The summed E-state index contributed by atoms with van der Waals surface area (Å²) < 4.78 is 1.00. The first-order chi connectivity index (χ1) is 8.28. The first kappa shape index (κ1) is 11.3. The van der Waals surface area contributed by atoms with Crippen LogP contribution in [-0.4, -0.2) is 29.6 Å². The Morgan fingerprint density at radius 3 is 2.76 bits per heavy atom. The van der Waals surface area contributed by atoms with Crippen LogP contribution in [0.4, 0.5) is 11.8 Å². The Labute approximate surface area is 110 Å². The van der Waals surface area contributed by atoms with Gasteiger partial charge in [0.25, 0.3) is 0 Å². The van der Waals surface area contributed by atoms with E-state index in [1.807, 2.05) is 13.2 Å². The summed E-state index contributed by atoms with van der Waals surface area (Å²) in [6.45, 7) is 1.16. The van der Waals surface area contributed by atoms with Crippen molar-refractivity contribution in [2.24, 2.45) is 5.92 Å². The van der Waals surface area contributed by atoms with E-state index in [1.165, 1.54) is 25.7 Å². The monoisotopic (exact) mass is 296 g/mol. The lowest BCUT2D eigenvalue weighted by molar-refractivity contribution is 0.706. The van der Waals surface area contributed by atoms with E-state index in [1.54, 1.807) is 0 Å². The molecule has 3 rings (SSSR count). The molecule has 0 spiro atoms. The number of anilines is 2. The molecule has 2 aliphatic carbocycles. The lowest BCUT2D eigenvalue weighted by atomic mass is 10.3. The van der Waals surface area contributed by atoms with Crippen molar-refractivity contribution in [2.45, 2.75) is 31.7 Å². The molecule has 0 aromatic carbocycles. The molecule has 1 aromatic heterocycles. The molecular formula is C12H17BrN4. The van der Waals surface area contributed by atoms with Crippen LogP contribution in [0.2, 0.25) is 0 Å². The van der Waals surface area contributed by atoms with E-state index in [0.717, 1.165) is 22.8 Å². The van der Waals surface area contributed by atoms with Gasteiger partial charge in [-0.25, -0.2) is 4.98 Å². The van der Waals surface area contributed by atoms with Gasteiger partial charge in [0.1, 0.15) is 5.82 Å². The van der Waals surface area contributed by atoms with Crippen molar-refractivity contribution in [1.82, 2.24) is 9.97 Å².